The number of carbonyl (C=O) groups excluding carboxylic acids is 1. The van der Waals surface area contributed by atoms with Gasteiger partial charge < -0.3 is 14.6 Å². The number of benzene rings is 2. The molecule has 2 aromatic carbocycles. The molecule has 0 amide bonds. The largest absolute Gasteiger partial charge is 0.488 e. The van der Waals surface area contributed by atoms with Crippen molar-refractivity contribution in [3.05, 3.63) is 57.6 Å². The molecule has 1 atom stereocenters. The summed E-state index contributed by atoms with van der Waals surface area (Å²) in [4.78, 5) is 11.7. The van der Waals surface area contributed by atoms with Crippen molar-refractivity contribution >= 4 is 52.5 Å². The molecule has 0 spiro atoms. The van der Waals surface area contributed by atoms with E-state index in [1.807, 2.05) is 30.5 Å². The van der Waals surface area contributed by atoms with Crippen molar-refractivity contribution in [2.24, 2.45) is 0 Å². The molecule has 0 radical (unpaired) electrons. The molecule has 5 nitrogen and oxygen atoms in total. The maximum absolute atomic E-state index is 11.7. The molecule has 0 fully saturated rings. The number of hydrogen-bond donors (Lipinski definition) is 2. The third-order valence-corrected chi connectivity index (χ3v) is 6.06. The number of ether oxygens (including phenoxy) is 2. The molecule has 31 heavy (non-hydrogen) atoms. The summed E-state index contributed by atoms with van der Waals surface area (Å²) in [7, 11) is 0. The first kappa shape index (κ1) is 26.1. The summed E-state index contributed by atoms with van der Waals surface area (Å²) in [5.41, 5.74) is 1.52. The van der Waals surface area contributed by atoms with E-state index in [0.29, 0.717) is 21.5 Å². The van der Waals surface area contributed by atoms with E-state index in [0.717, 1.165) is 11.1 Å². The lowest BCUT2D eigenvalue weighted by atomic mass is 9.78. The van der Waals surface area contributed by atoms with Crippen LogP contribution in [0.15, 0.2) is 36.4 Å². The number of nitrogens with one attached hydrogen (secondary N) is 1. The van der Waals surface area contributed by atoms with Gasteiger partial charge in [0, 0.05) is 5.41 Å². The standard InChI is InChI=1S/C22H26Cl3NO4S/c1-22(2,14-4-6-18(7-5-14)29-13-17(28)11-26-31-3)15-8-19(24)21(20(25)9-15)30-12-16(27)10-23/h4-9,16,26-27H,10-13H2,1-3H3. The number of aliphatic hydroxyl groups is 1. The highest BCUT2D eigenvalue weighted by Gasteiger charge is 2.26. The first-order valence-electron chi connectivity index (χ1n) is 9.56. The molecule has 2 rings (SSSR count). The highest BCUT2D eigenvalue weighted by atomic mass is 35.5. The summed E-state index contributed by atoms with van der Waals surface area (Å²) in [5, 5.41) is 10.3. The van der Waals surface area contributed by atoms with Crippen LogP contribution in [-0.2, 0) is 10.2 Å². The van der Waals surface area contributed by atoms with Crippen molar-refractivity contribution in [3.8, 4) is 11.5 Å². The van der Waals surface area contributed by atoms with E-state index in [4.69, 9.17) is 44.3 Å². The normalized spacial score (nSPS) is 12.5. The van der Waals surface area contributed by atoms with Crippen molar-refractivity contribution in [1.29, 1.82) is 0 Å². The monoisotopic (exact) mass is 505 g/mol. The fourth-order valence-electron chi connectivity index (χ4n) is 2.78. The van der Waals surface area contributed by atoms with Crippen LogP contribution in [-0.4, -0.2) is 48.9 Å². The molecule has 0 aliphatic carbocycles. The van der Waals surface area contributed by atoms with Gasteiger partial charge in [0.2, 0.25) is 0 Å². The molecule has 0 aliphatic heterocycles. The SMILES string of the molecule is CSNCC(=O)COc1ccc(C(C)(C)c2cc(Cl)c(OCC(O)CCl)c(Cl)c2)cc1. The van der Waals surface area contributed by atoms with Gasteiger partial charge in [0.15, 0.2) is 11.5 Å². The molecule has 0 aliphatic rings. The fraction of sp³-hybridized carbons (Fsp3) is 0.409. The smallest absolute Gasteiger partial charge is 0.184 e. The van der Waals surface area contributed by atoms with Gasteiger partial charge in [-0.25, -0.2) is 0 Å². The second-order valence-corrected chi connectivity index (χ2v) is 9.21. The Bertz CT molecular complexity index is 855. The number of hydrogen-bond acceptors (Lipinski definition) is 6. The van der Waals surface area contributed by atoms with Gasteiger partial charge in [-0.1, -0.05) is 61.1 Å². The van der Waals surface area contributed by atoms with Gasteiger partial charge in [0.1, 0.15) is 25.1 Å². The lowest BCUT2D eigenvalue weighted by Crippen LogP contribution is -2.22. The van der Waals surface area contributed by atoms with Crippen LogP contribution in [0.1, 0.15) is 25.0 Å². The molecule has 2 N–H and O–H groups in total. The number of carbonyl (C=O) groups is 1. The molecule has 0 aromatic heterocycles. The summed E-state index contributed by atoms with van der Waals surface area (Å²) in [6.07, 6.45) is 1.06. The van der Waals surface area contributed by atoms with E-state index in [1.165, 1.54) is 11.9 Å². The van der Waals surface area contributed by atoms with E-state index in [-0.39, 0.29) is 31.4 Å². The first-order valence-corrected chi connectivity index (χ1v) is 12.1. The summed E-state index contributed by atoms with van der Waals surface area (Å²) < 4.78 is 14.0. The molecule has 2 aromatic rings. The van der Waals surface area contributed by atoms with Crippen LogP contribution in [0.4, 0.5) is 0 Å². The second-order valence-electron chi connectivity index (χ2n) is 7.39. The molecule has 0 heterocycles. The van der Waals surface area contributed by atoms with Crippen molar-refractivity contribution in [2.75, 3.05) is 31.9 Å². The van der Waals surface area contributed by atoms with Gasteiger partial charge in [0.05, 0.1) is 22.5 Å². The zero-order valence-corrected chi connectivity index (χ0v) is 20.7. The number of rotatable bonds is 12. The van der Waals surface area contributed by atoms with Crippen LogP contribution in [0.5, 0.6) is 11.5 Å². The van der Waals surface area contributed by atoms with Crippen LogP contribution >= 0.6 is 46.8 Å². The summed E-state index contributed by atoms with van der Waals surface area (Å²) >= 11 is 19.8. The van der Waals surface area contributed by atoms with E-state index in [9.17, 15) is 9.90 Å². The van der Waals surface area contributed by atoms with Crippen molar-refractivity contribution in [3.63, 3.8) is 0 Å². The zero-order valence-electron chi connectivity index (χ0n) is 17.6. The molecule has 9 heteroatoms. The van der Waals surface area contributed by atoms with Crippen LogP contribution < -0.4 is 14.2 Å². The van der Waals surface area contributed by atoms with Gasteiger partial charge >= 0.3 is 0 Å². The summed E-state index contributed by atoms with van der Waals surface area (Å²) in [6.45, 7) is 4.39. The van der Waals surface area contributed by atoms with Gasteiger partial charge in [-0.05, 0) is 41.6 Å². The Morgan fingerprint density at radius 2 is 1.74 bits per heavy atom. The number of Topliss-reactive ketones (excluding diaryl/α,β-unsaturated/α-hetero) is 1. The van der Waals surface area contributed by atoms with Crippen molar-refractivity contribution in [1.82, 2.24) is 4.72 Å². The average Bonchev–Trinajstić information content (AvgIpc) is 2.75. The number of halogens is 3. The number of alkyl halides is 1. The molecular formula is C22H26Cl3NO4S. The topological polar surface area (TPSA) is 67.8 Å². The molecular weight excluding hydrogens is 481 g/mol. The Morgan fingerprint density at radius 3 is 2.29 bits per heavy atom. The third-order valence-electron chi connectivity index (χ3n) is 4.71. The molecule has 0 saturated heterocycles. The summed E-state index contributed by atoms with van der Waals surface area (Å²) in [5.74, 6) is 0.971. The minimum absolute atomic E-state index is 0.00297. The Labute approximate surface area is 202 Å². The van der Waals surface area contributed by atoms with E-state index < -0.39 is 11.5 Å². The average molecular weight is 507 g/mol. The van der Waals surface area contributed by atoms with E-state index >= 15 is 0 Å². The quantitative estimate of drug-likeness (QED) is 0.308. The van der Waals surface area contributed by atoms with Crippen molar-refractivity contribution < 1.29 is 19.4 Å². The highest BCUT2D eigenvalue weighted by Crippen LogP contribution is 2.40. The van der Waals surface area contributed by atoms with Gasteiger partial charge in [-0.3, -0.25) is 9.52 Å². The van der Waals surface area contributed by atoms with E-state index in [2.05, 4.69) is 18.6 Å². The van der Waals surface area contributed by atoms with Gasteiger partial charge in [-0.15, -0.1) is 11.6 Å². The lowest BCUT2D eigenvalue weighted by Gasteiger charge is -2.27. The number of ketones is 1. The Kier molecular flexibility index (Phi) is 10.3. The maximum atomic E-state index is 11.7. The Morgan fingerprint density at radius 1 is 1.13 bits per heavy atom. The minimum atomic E-state index is -0.803. The number of aliphatic hydroxyl groups excluding tert-OH is 1. The molecule has 0 bridgehead atoms. The Balaban J connectivity index is 2.12. The van der Waals surface area contributed by atoms with Crippen LogP contribution in [0, 0.1) is 0 Å². The molecule has 1 unspecified atom stereocenters. The van der Waals surface area contributed by atoms with Gasteiger partial charge in [-0.2, -0.15) is 0 Å². The summed E-state index contributed by atoms with van der Waals surface area (Å²) in [6, 6.07) is 11.2. The van der Waals surface area contributed by atoms with Crippen molar-refractivity contribution in [2.45, 2.75) is 25.4 Å². The van der Waals surface area contributed by atoms with Crippen LogP contribution in [0.2, 0.25) is 10.0 Å². The first-order chi connectivity index (χ1) is 14.7. The predicted molar refractivity (Wildman–Crippen MR) is 129 cm³/mol. The lowest BCUT2D eigenvalue weighted by molar-refractivity contribution is -0.119. The predicted octanol–water partition coefficient (Wildman–Crippen LogP) is 5.11. The third kappa shape index (κ3) is 7.45. The second kappa shape index (κ2) is 12.2. The fourth-order valence-corrected chi connectivity index (χ4v) is 3.78. The highest BCUT2D eigenvalue weighted by molar-refractivity contribution is 7.96. The van der Waals surface area contributed by atoms with E-state index in [1.54, 1.807) is 12.1 Å². The van der Waals surface area contributed by atoms with Crippen LogP contribution in [0.25, 0.3) is 0 Å². The zero-order chi connectivity index (χ0) is 23.0. The minimum Gasteiger partial charge on any atom is -0.488 e. The molecule has 170 valence electrons. The maximum Gasteiger partial charge on any atom is 0.184 e. The van der Waals surface area contributed by atoms with Gasteiger partial charge in [0.25, 0.3) is 0 Å². The van der Waals surface area contributed by atoms with Crippen LogP contribution in [0.3, 0.4) is 0 Å². The molecule has 0 saturated carbocycles. The Hall–Kier alpha value is -1.15.